The molecule has 0 saturated carbocycles. The van der Waals surface area contributed by atoms with Crippen molar-refractivity contribution in [3.8, 4) is 0 Å². The number of ether oxygens (including phenoxy) is 3. The molecule has 0 bridgehead atoms. The first kappa shape index (κ1) is 16.7. The molecule has 0 aliphatic carbocycles. The van der Waals surface area contributed by atoms with Crippen LogP contribution in [0.2, 0.25) is 0 Å². The van der Waals surface area contributed by atoms with E-state index in [0.29, 0.717) is 5.56 Å². The van der Waals surface area contributed by atoms with Gasteiger partial charge in [-0.15, -0.1) is 0 Å². The Morgan fingerprint density at radius 3 is 2.65 bits per heavy atom. The number of nitrogens with zero attached hydrogens (tertiary/aromatic N) is 1. The van der Waals surface area contributed by atoms with E-state index < -0.39 is 35.2 Å². The van der Waals surface area contributed by atoms with Crippen molar-refractivity contribution in [3.05, 3.63) is 44.8 Å². The van der Waals surface area contributed by atoms with Crippen molar-refractivity contribution in [2.45, 2.75) is 32.8 Å². The number of esters is 2. The van der Waals surface area contributed by atoms with Crippen LogP contribution in [0.3, 0.4) is 0 Å². The zero-order valence-corrected chi connectivity index (χ0v) is 12.8. The highest BCUT2D eigenvalue weighted by atomic mass is 16.7. The zero-order chi connectivity index (χ0) is 17.2. The van der Waals surface area contributed by atoms with Crippen LogP contribution in [0.5, 0.6) is 0 Å². The van der Waals surface area contributed by atoms with Gasteiger partial charge in [-0.3, -0.25) is 23.9 Å². The smallest absolute Gasteiger partial charge is 0.330 e. The van der Waals surface area contributed by atoms with Gasteiger partial charge in [0.2, 0.25) is 0 Å². The van der Waals surface area contributed by atoms with E-state index in [-0.39, 0.29) is 6.61 Å². The number of aryl methyl sites for hydroxylation is 1. The molecule has 1 aliphatic rings. The van der Waals surface area contributed by atoms with Crippen LogP contribution in [0, 0.1) is 6.92 Å². The minimum Gasteiger partial charge on any atom is -0.458 e. The normalized spacial score (nSPS) is 22.8. The van der Waals surface area contributed by atoms with Crippen LogP contribution in [-0.4, -0.2) is 33.9 Å². The quantitative estimate of drug-likeness (QED) is 0.599. The molecule has 2 atom stereocenters. The maximum Gasteiger partial charge on any atom is 0.330 e. The predicted octanol–water partition coefficient (Wildman–Crippen LogP) is -0.247. The molecule has 124 valence electrons. The predicted molar refractivity (Wildman–Crippen MR) is 76.5 cm³/mol. The molecule has 9 nitrogen and oxygen atoms in total. The van der Waals surface area contributed by atoms with Gasteiger partial charge in [0, 0.05) is 25.6 Å². The lowest BCUT2D eigenvalue weighted by atomic mass is 10.3. The number of rotatable bonds is 4. The Kier molecular flexibility index (Phi) is 4.50. The maximum absolute atomic E-state index is 11.9. The lowest BCUT2D eigenvalue weighted by Crippen LogP contribution is -2.41. The molecule has 0 spiro atoms. The van der Waals surface area contributed by atoms with E-state index in [1.54, 1.807) is 0 Å². The Hall–Kier alpha value is -2.68. The van der Waals surface area contributed by atoms with Gasteiger partial charge in [0.25, 0.3) is 11.3 Å². The summed E-state index contributed by atoms with van der Waals surface area (Å²) < 4.78 is 16.6. The number of aromatic nitrogens is 2. The van der Waals surface area contributed by atoms with Crippen molar-refractivity contribution in [1.29, 1.82) is 0 Å². The summed E-state index contributed by atoms with van der Waals surface area (Å²) in [7, 11) is 0. The third-order valence-corrected chi connectivity index (χ3v) is 3.05. The van der Waals surface area contributed by atoms with Crippen LogP contribution in [0.15, 0.2) is 27.9 Å². The highest BCUT2D eigenvalue weighted by Gasteiger charge is 2.41. The molecule has 2 heterocycles. The molecule has 23 heavy (non-hydrogen) atoms. The molecule has 1 N–H and O–H groups in total. The largest absolute Gasteiger partial charge is 0.458 e. The summed E-state index contributed by atoms with van der Waals surface area (Å²) in [5.74, 6) is -2.84. The van der Waals surface area contributed by atoms with E-state index in [0.717, 1.165) is 4.57 Å². The summed E-state index contributed by atoms with van der Waals surface area (Å²) in [5.41, 5.74) is -0.868. The highest BCUT2D eigenvalue weighted by Crippen LogP contribution is 2.30. The fourth-order valence-corrected chi connectivity index (χ4v) is 2.05. The molecule has 1 aliphatic heterocycles. The standard InChI is InChI=1S/C14H16N2O7/c1-8-6-16(13(20)15-12(8)19)11-4-5-14(23-11,22-10(3)18)7-21-9(2)17/h4-6,11H,7H2,1-3H3,(H,15,19,20)/t11-,14?/m1/s1. The van der Waals surface area contributed by atoms with Crippen molar-refractivity contribution < 1.29 is 23.8 Å². The first-order valence-electron chi connectivity index (χ1n) is 6.74. The van der Waals surface area contributed by atoms with E-state index in [2.05, 4.69) is 4.98 Å². The number of H-pyrrole nitrogens is 1. The second kappa shape index (κ2) is 6.21. The topological polar surface area (TPSA) is 117 Å². The van der Waals surface area contributed by atoms with Gasteiger partial charge in [0.1, 0.15) is 0 Å². The molecule has 9 heteroatoms. The van der Waals surface area contributed by atoms with E-state index >= 15 is 0 Å². The van der Waals surface area contributed by atoms with Gasteiger partial charge >= 0.3 is 17.6 Å². The fraction of sp³-hybridized carbons (Fsp3) is 0.429. The van der Waals surface area contributed by atoms with Gasteiger partial charge in [0.15, 0.2) is 12.8 Å². The van der Waals surface area contributed by atoms with Crippen LogP contribution in [0.25, 0.3) is 0 Å². The molecule has 1 aromatic rings. The Bertz CT molecular complexity index is 776. The third kappa shape index (κ3) is 3.75. The number of hydrogen-bond donors (Lipinski definition) is 1. The van der Waals surface area contributed by atoms with Gasteiger partial charge in [-0.05, 0) is 19.1 Å². The van der Waals surface area contributed by atoms with Gasteiger partial charge in [0.05, 0.1) is 0 Å². The van der Waals surface area contributed by atoms with Crippen molar-refractivity contribution in [2.75, 3.05) is 6.61 Å². The Morgan fingerprint density at radius 1 is 1.35 bits per heavy atom. The second-order valence-corrected chi connectivity index (χ2v) is 5.03. The summed E-state index contributed by atoms with van der Waals surface area (Å²) in [6, 6.07) is 0. The number of carbonyl (C=O) groups excluding carboxylic acids is 2. The summed E-state index contributed by atoms with van der Waals surface area (Å²) in [4.78, 5) is 47.7. The molecule has 0 aromatic carbocycles. The number of hydrogen-bond acceptors (Lipinski definition) is 7. The monoisotopic (exact) mass is 324 g/mol. The van der Waals surface area contributed by atoms with Crippen molar-refractivity contribution >= 4 is 11.9 Å². The molecular formula is C14H16N2O7. The molecule has 1 aromatic heterocycles. The first-order valence-corrected chi connectivity index (χ1v) is 6.74. The number of aromatic amines is 1. The SMILES string of the molecule is CC(=O)OCC1(OC(C)=O)C=C[C@H](n2cc(C)c(=O)[nH]c2=O)O1. The van der Waals surface area contributed by atoms with Gasteiger partial charge in [-0.25, -0.2) is 4.79 Å². The van der Waals surface area contributed by atoms with E-state index in [9.17, 15) is 19.2 Å². The van der Waals surface area contributed by atoms with E-state index in [4.69, 9.17) is 14.2 Å². The lowest BCUT2D eigenvalue weighted by molar-refractivity contribution is -0.236. The molecule has 0 saturated heterocycles. The third-order valence-electron chi connectivity index (χ3n) is 3.05. The summed E-state index contributed by atoms with van der Waals surface area (Å²) >= 11 is 0. The van der Waals surface area contributed by atoms with Crippen molar-refractivity contribution in [1.82, 2.24) is 9.55 Å². The minimum atomic E-state index is -1.62. The van der Waals surface area contributed by atoms with E-state index in [1.165, 1.54) is 39.1 Å². The first-order chi connectivity index (χ1) is 10.7. The van der Waals surface area contributed by atoms with Crippen LogP contribution in [0.1, 0.15) is 25.6 Å². The summed E-state index contributed by atoms with van der Waals surface area (Å²) in [5, 5.41) is 0. The minimum absolute atomic E-state index is 0.312. The zero-order valence-electron chi connectivity index (χ0n) is 12.8. The Balaban J connectivity index is 2.29. The molecule has 2 rings (SSSR count). The van der Waals surface area contributed by atoms with Crippen molar-refractivity contribution in [3.63, 3.8) is 0 Å². The lowest BCUT2D eigenvalue weighted by Gasteiger charge is -2.27. The Morgan fingerprint density at radius 2 is 2.04 bits per heavy atom. The van der Waals surface area contributed by atoms with Crippen LogP contribution in [-0.2, 0) is 23.8 Å². The number of nitrogens with one attached hydrogen (secondary N) is 1. The van der Waals surface area contributed by atoms with E-state index in [1.807, 2.05) is 0 Å². The summed E-state index contributed by atoms with van der Waals surface area (Å²) in [6.45, 7) is 3.56. The fourth-order valence-electron chi connectivity index (χ4n) is 2.05. The van der Waals surface area contributed by atoms with Gasteiger partial charge in [-0.1, -0.05) is 0 Å². The average Bonchev–Trinajstić information content (AvgIpc) is 2.84. The van der Waals surface area contributed by atoms with Crippen LogP contribution < -0.4 is 11.2 Å². The van der Waals surface area contributed by atoms with Crippen LogP contribution in [0.4, 0.5) is 0 Å². The molecular weight excluding hydrogens is 308 g/mol. The second-order valence-electron chi connectivity index (χ2n) is 5.03. The molecule has 1 unspecified atom stereocenters. The molecule has 0 radical (unpaired) electrons. The molecule has 0 amide bonds. The average molecular weight is 324 g/mol. The van der Waals surface area contributed by atoms with Gasteiger partial charge < -0.3 is 14.2 Å². The Labute approximate surface area is 130 Å². The number of carbonyl (C=O) groups is 2. The van der Waals surface area contributed by atoms with Crippen LogP contribution >= 0.6 is 0 Å². The maximum atomic E-state index is 11.9. The molecule has 0 fully saturated rings. The summed E-state index contributed by atoms with van der Waals surface area (Å²) in [6.07, 6.45) is 3.25. The van der Waals surface area contributed by atoms with Gasteiger partial charge in [-0.2, -0.15) is 0 Å². The van der Waals surface area contributed by atoms with Crippen molar-refractivity contribution in [2.24, 2.45) is 0 Å². The highest BCUT2D eigenvalue weighted by molar-refractivity contribution is 5.67.